The number of aromatic hydroxyl groups is 2. The summed E-state index contributed by atoms with van der Waals surface area (Å²) in [6, 6.07) is 17.8. The van der Waals surface area contributed by atoms with E-state index >= 15 is 0 Å². The minimum atomic E-state index is -0.482. The van der Waals surface area contributed by atoms with Gasteiger partial charge in [0, 0.05) is 30.0 Å². The SMILES string of the molecule is C=C(C)C(=O)OCCCC(=O)OCCc1ccc(N=Nc2cc(C(=O)c3ccccc3)c(O)cc2O)cc1. The second-order valence-corrected chi connectivity index (χ2v) is 8.41. The average Bonchev–Trinajstić information content (AvgIpc) is 2.91. The molecule has 0 aromatic heterocycles. The second kappa shape index (κ2) is 13.5. The molecule has 0 fully saturated rings. The summed E-state index contributed by atoms with van der Waals surface area (Å²) in [7, 11) is 0. The van der Waals surface area contributed by atoms with E-state index in [0.717, 1.165) is 11.6 Å². The molecule has 3 aromatic carbocycles. The number of benzene rings is 3. The summed E-state index contributed by atoms with van der Waals surface area (Å²) >= 11 is 0. The Balaban J connectivity index is 1.51. The highest BCUT2D eigenvalue weighted by Gasteiger charge is 2.17. The molecule has 9 heteroatoms. The van der Waals surface area contributed by atoms with Crippen molar-refractivity contribution in [2.75, 3.05) is 13.2 Å². The third kappa shape index (κ3) is 8.12. The fourth-order valence-electron chi connectivity index (χ4n) is 3.27. The zero-order valence-corrected chi connectivity index (χ0v) is 20.9. The first-order valence-corrected chi connectivity index (χ1v) is 11.9. The van der Waals surface area contributed by atoms with Crippen LogP contribution in [-0.4, -0.2) is 41.1 Å². The van der Waals surface area contributed by atoms with E-state index < -0.39 is 11.8 Å². The molecule has 0 aliphatic carbocycles. The molecule has 9 nitrogen and oxygen atoms in total. The quantitative estimate of drug-likeness (QED) is 0.103. The number of nitrogens with zero attached hydrogens (tertiary/aromatic N) is 2. The molecule has 0 aliphatic heterocycles. The van der Waals surface area contributed by atoms with Crippen LogP contribution < -0.4 is 0 Å². The van der Waals surface area contributed by atoms with Gasteiger partial charge in [-0.2, -0.15) is 5.11 Å². The highest BCUT2D eigenvalue weighted by Crippen LogP contribution is 2.35. The third-order valence-corrected chi connectivity index (χ3v) is 5.34. The molecule has 0 spiro atoms. The van der Waals surface area contributed by atoms with E-state index in [4.69, 9.17) is 9.47 Å². The number of phenolic OH excluding ortho intramolecular Hbond substituents is 2. The number of ketones is 1. The molecule has 0 aliphatic rings. The minimum Gasteiger partial charge on any atom is -0.507 e. The highest BCUT2D eigenvalue weighted by molar-refractivity contribution is 6.11. The van der Waals surface area contributed by atoms with Gasteiger partial charge in [-0.25, -0.2) is 4.79 Å². The van der Waals surface area contributed by atoms with Gasteiger partial charge in [0.25, 0.3) is 0 Å². The number of phenols is 2. The van der Waals surface area contributed by atoms with Gasteiger partial charge < -0.3 is 19.7 Å². The van der Waals surface area contributed by atoms with Crippen molar-refractivity contribution in [3.05, 3.63) is 95.6 Å². The number of carbonyl (C=O) groups is 3. The molecule has 0 unspecified atom stereocenters. The van der Waals surface area contributed by atoms with E-state index in [2.05, 4.69) is 16.8 Å². The molecule has 0 bridgehead atoms. The van der Waals surface area contributed by atoms with Crippen molar-refractivity contribution in [2.45, 2.75) is 26.2 Å². The maximum absolute atomic E-state index is 12.7. The lowest BCUT2D eigenvalue weighted by Crippen LogP contribution is -2.11. The first-order valence-electron chi connectivity index (χ1n) is 11.9. The number of carbonyl (C=O) groups excluding carboxylic acids is 3. The summed E-state index contributed by atoms with van der Waals surface area (Å²) < 4.78 is 10.1. The van der Waals surface area contributed by atoms with E-state index in [-0.39, 0.29) is 48.4 Å². The summed E-state index contributed by atoms with van der Waals surface area (Å²) in [5, 5.41) is 28.4. The lowest BCUT2D eigenvalue weighted by Gasteiger charge is -2.07. The zero-order valence-electron chi connectivity index (χ0n) is 20.9. The smallest absolute Gasteiger partial charge is 0.333 e. The molecule has 38 heavy (non-hydrogen) atoms. The van der Waals surface area contributed by atoms with Gasteiger partial charge in [-0.3, -0.25) is 9.59 Å². The topological polar surface area (TPSA) is 135 Å². The van der Waals surface area contributed by atoms with Crippen LogP contribution in [0.25, 0.3) is 0 Å². The Morgan fingerprint density at radius 2 is 1.58 bits per heavy atom. The van der Waals surface area contributed by atoms with Gasteiger partial charge in [0.15, 0.2) is 5.78 Å². The van der Waals surface area contributed by atoms with E-state index in [9.17, 15) is 24.6 Å². The summed E-state index contributed by atoms with van der Waals surface area (Å²) in [5.74, 6) is -1.93. The fraction of sp³-hybridized carbons (Fsp3) is 0.207. The van der Waals surface area contributed by atoms with Crippen LogP contribution in [0, 0.1) is 0 Å². The number of esters is 2. The minimum absolute atomic E-state index is 0.000667. The van der Waals surface area contributed by atoms with Crippen LogP contribution in [0.3, 0.4) is 0 Å². The predicted octanol–water partition coefficient (Wildman–Crippen LogP) is 5.73. The Morgan fingerprint density at radius 3 is 2.26 bits per heavy atom. The Bertz CT molecular complexity index is 1330. The second-order valence-electron chi connectivity index (χ2n) is 8.41. The summed E-state index contributed by atoms with van der Waals surface area (Å²) in [4.78, 5) is 35.8. The lowest BCUT2D eigenvalue weighted by atomic mass is 10.0. The molecule has 2 N–H and O–H groups in total. The molecule has 0 amide bonds. The zero-order chi connectivity index (χ0) is 27.5. The highest BCUT2D eigenvalue weighted by atomic mass is 16.5. The predicted molar refractivity (Wildman–Crippen MR) is 140 cm³/mol. The first kappa shape index (κ1) is 27.8. The number of hydrogen-bond acceptors (Lipinski definition) is 9. The van der Waals surface area contributed by atoms with Crippen molar-refractivity contribution >= 4 is 29.1 Å². The maximum Gasteiger partial charge on any atom is 0.333 e. The van der Waals surface area contributed by atoms with Gasteiger partial charge in [0.05, 0.1) is 24.5 Å². The lowest BCUT2D eigenvalue weighted by molar-refractivity contribution is -0.145. The molecular formula is C29H28N2O7. The molecule has 0 atom stereocenters. The largest absolute Gasteiger partial charge is 0.507 e. The van der Waals surface area contributed by atoms with Gasteiger partial charge in [-0.05, 0) is 37.1 Å². The van der Waals surface area contributed by atoms with E-state index in [1.807, 2.05) is 0 Å². The summed E-state index contributed by atoms with van der Waals surface area (Å²) in [6.07, 6.45) is 1.01. The average molecular weight is 517 g/mol. The van der Waals surface area contributed by atoms with Crippen molar-refractivity contribution in [3.63, 3.8) is 0 Å². The van der Waals surface area contributed by atoms with Crippen LogP contribution in [0.1, 0.15) is 41.3 Å². The molecular weight excluding hydrogens is 488 g/mol. The monoisotopic (exact) mass is 516 g/mol. The van der Waals surface area contributed by atoms with Crippen molar-refractivity contribution in [1.29, 1.82) is 0 Å². The van der Waals surface area contributed by atoms with Crippen molar-refractivity contribution in [1.82, 2.24) is 0 Å². The Kier molecular flexibility index (Phi) is 9.87. The molecule has 0 saturated carbocycles. The molecule has 0 heterocycles. The van der Waals surface area contributed by atoms with Crippen LogP contribution in [0.5, 0.6) is 11.5 Å². The summed E-state index contributed by atoms with van der Waals surface area (Å²) in [5.41, 5.74) is 2.15. The van der Waals surface area contributed by atoms with E-state index in [1.165, 1.54) is 6.07 Å². The van der Waals surface area contributed by atoms with Gasteiger partial charge >= 0.3 is 11.9 Å². The Labute approximate surface area is 220 Å². The standard InChI is InChI=1S/C29H28N2O7/c1-19(2)29(36)38-15-6-9-27(34)37-16-14-20-10-12-22(13-11-20)30-31-24-17-23(25(32)18-26(24)33)28(35)21-7-4-3-5-8-21/h3-5,7-8,10-13,17-18,32-33H,1,6,9,14-16H2,2H3. The van der Waals surface area contributed by atoms with Crippen LogP contribution >= 0.6 is 0 Å². The summed E-state index contributed by atoms with van der Waals surface area (Å²) in [6.45, 7) is 5.37. The van der Waals surface area contributed by atoms with Gasteiger partial charge in [-0.1, -0.05) is 49.0 Å². The van der Waals surface area contributed by atoms with Crippen LogP contribution in [0.15, 0.2) is 89.1 Å². The van der Waals surface area contributed by atoms with E-state index in [1.54, 1.807) is 61.5 Å². The Hall–Kier alpha value is -4.79. The number of hydrogen-bond donors (Lipinski definition) is 2. The van der Waals surface area contributed by atoms with Crippen LogP contribution in [0.4, 0.5) is 11.4 Å². The van der Waals surface area contributed by atoms with Gasteiger partial charge in [0.2, 0.25) is 0 Å². The molecule has 0 saturated heterocycles. The van der Waals surface area contributed by atoms with Crippen molar-refractivity contribution in [3.8, 4) is 11.5 Å². The Morgan fingerprint density at radius 1 is 0.868 bits per heavy atom. The molecule has 3 rings (SSSR count). The molecule has 196 valence electrons. The van der Waals surface area contributed by atoms with Gasteiger partial charge in [-0.15, -0.1) is 5.11 Å². The third-order valence-electron chi connectivity index (χ3n) is 5.34. The van der Waals surface area contributed by atoms with Crippen LogP contribution in [0.2, 0.25) is 0 Å². The van der Waals surface area contributed by atoms with Crippen molar-refractivity contribution in [2.24, 2.45) is 10.2 Å². The van der Waals surface area contributed by atoms with Crippen LogP contribution in [-0.2, 0) is 25.5 Å². The maximum atomic E-state index is 12.7. The number of azo groups is 1. The van der Waals surface area contributed by atoms with Gasteiger partial charge in [0.1, 0.15) is 17.2 Å². The number of ether oxygens (including phenoxy) is 2. The number of rotatable bonds is 12. The molecule has 0 radical (unpaired) electrons. The van der Waals surface area contributed by atoms with E-state index in [0.29, 0.717) is 29.7 Å². The van der Waals surface area contributed by atoms with Crippen molar-refractivity contribution < 1.29 is 34.1 Å². The fourth-order valence-corrected chi connectivity index (χ4v) is 3.27. The first-order chi connectivity index (χ1) is 18.2. The normalized spacial score (nSPS) is 10.8. The molecule has 3 aromatic rings.